The monoisotopic (exact) mass is 272 g/mol. The van der Waals surface area contributed by atoms with Gasteiger partial charge in [-0.3, -0.25) is 4.79 Å². The van der Waals surface area contributed by atoms with Crippen molar-refractivity contribution in [2.75, 3.05) is 19.6 Å². The average Bonchev–Trinajstić information content (AvgIpc) is 2.90. The molecule has 2 aromatic rings. The Bertz CT molecular complexity index is 553. The van der Waals surface area contributed by atoms with E-state index < -0.39 is 0 Å². The molecule has 1 aliphatic heterocycles. The Kier molecular flexibility index (Phi) is 3.97. The maximum atomic E-state index is 12.0. The summed E-state index contributed by atoms with van der Waals surface area (Å²) in [4.78, 5) is 16.5. The van der Waals surface area contributed by atoms with E-state index in [9.17, 15) is 4.79 Å². The topological polar surface area (TPSA) is 58.4 Å². The second kappa shape index (κ2) is 6.05. The number of fused-ring (bicyclic) bond motifs is 1. The van der Waals surface area contributed by atoms with Crippen LogP contribution < -0.4 is 10.6 Å². The van der Waals surface area contributed by atoms with Gasteiger partial charge in [-0.2, -0.15) is 0 Å². The molecule has 0 spiro atoms. The molecule has 2 aromatic heterocycles. The van der Waals surface area contributed by atoms with Crippen LogP contribution >= 0.6 is 0 Å². The molecule has 0 aromatic carbocycles. The third-order valence-electron chi connectivity index (χ3n) is 3.80. The second-order valence-electron chi connectivity index (χ2n) is 5.26. The van der Waals surface area contributed by atoms with E-state index in [-0.39, 0.29) is 11.8 Å². The fourth-order valence-electron chi connectivity index (χ4n) is 2.65. The molecule has 3 rings (SSSR count). The van der Waals surface area contributed by atoms with Gasteiger partial charge in [0.25, 0.3) is 0 Å². The van der Waals surface area contributed by atoms with Gasteiger partial charge in [0.2, 0.25) is 5.91 Å². The molecule has 0 aliphatic carbocycles. The molecule has 1 aliphatic rings. The van der Waals surface area contributed by atoms with E-state index in [1.54, 1.807) is 0 Å². The normalized spacial score (nSPS) is 16.4. The molecule has 0 bridgehead atoms. The zero-order chi connectivity index (χ0) is 13.8. The van der Waals surface area contributed by atoms with Crippen molar-refractivity contribution in [2.45, 2.75) is 19.3 Å². The number of carbonyl (C=O) groups excluding carboxylic acids is 1. The van der Waals surface area contributed by atoms with Gasteiger partial charge in [0.1, 0.15) is 5.65 Å². The van der Waals surface area contributed by atoms with Crippen LogP contribution in [0.5, 0.6) is 0 Å². The number of hydrogen-bond donors (Lipinski definition) is 2. The second-order valence-corrected chi connectivity index (χ2v) is 5.26. The highest BCUT2D eigenvalue weighted by molar-refractivity contribution is 5.78. The first-order valence-corrected chi connectivity index (χ1v) is 7.24. The highest BCUT2D eigenvalue weighted by Gasteiger charge is 2.20. The lowest BCUT2D eigenvalue weighted by Gasteiger charge is -2.21. The minimum atomic E-state index is 0.178. The maximum Gasteiger partial charge on any atom is 0.223 e. The molecule has 0 atom stereocenters. The summed E-state index contributed by atoms with van der Waals surface area (Å²) >= 11 is 0. The Morgan fingerprint density at radius 3 is 3.05 bits per heavy atom. The summed E-state index contributed by atoms with van der Waals surface area (Å²) in [7, 11) is 0. The molecular formula is C15H20N4O. The van der Waals surface area contributed by atoms with Crippen molar-refractivity contribution in [3.63, 3.8) is 0 Å². The van der Waals surface area contributed by atoms with Crippen LogP contribution in [0, 0.1) is 5.92 Å². The number of imidazole rings is 1. The van der Waals surface area contributed by atoms with Crippen LogP contribution in [0.25, 0.3) is 5.65 Å². The highest BCUT2D eigenvalue weighted by Crippen LogP contribution is 2.11. The molecule has 0 saturated carbocycles. The van der Waals surface area contributed by atoms with Gasteiger partial charge in [0.05, 0.1) is 5.69 Å². The third-order valence-corrected chi connectivity index (χ3v) is 3.80. The van der Waals surface area contributed by atoms with Crippen LogP contribution in [0.4, 0.5) is 0 Å². The fourth-order valence-corrected chi connectivity index (χ4v) is 2.65. The first-order valence-electron chi connectivity index (χ1n) is 7.24. The minimum Gasteiger partial charge on any atom is -0.355 e. The van der Waals surface area contributed by atoms with E-state index in [2.05, 4.69) is 15.6 Å². The number of pyridine rings is 1. The summed E-state index contributed by atoms with van der Waals surface area (Å²) in [6.07, 6.45) is 6.67. The van der Waals surface area contributed by atoms with E-state index in [1.165, 1.54) is 0 Å². The molecule has 0 unspecified atom stereocenters. The van der Waals surface area contributed by atoms with Gasteiger partial charge in [-0.05, 0) is 38.1 Å². The van der Waals surface area contributed by atoms with Gasteiger partial charge in [-0.15, -0.1) is 0 Å². The Hall–Kier alpha value is -1.88. The predicted molar refractivity (Wildman–Crippen MR) is 77.5 cm³/mol. The summed E-state index contributed by atoms with van der Waals surface area (Å²) in [6, 6.07) is 5.94. The molecule has 1 amide bonds. The number of aromatic nitrogens is 2. The summed E-state index contributed by atoms with van der Waals surface area (Å²) in [5, 5.41) is 6.30. The van der Waals surface area contributed by atoms with Crippen molar-refractivity contribution < 1.29 is 4.79 Å². The Labute approximate surface area is 118 Å². The first kappa shape index (κ1) is 13.1. The third kappa shape index (κ3) is 2.99. The zero-order valence-electron chi connectivity index (χ0n) is 11.5. The fraction of sp³-hybridized carbons (Fsp3) is 0.467. The van der Waals surface area contributed by atoms with Crippen molar-refractivity contribution in [3.05, 3.63) is 36.3 Å². The van der Waals surface area contributed by atoms with Gasteiger partial charge < -0.3 is 15.0 Å². The average molecular weight is 272 g/mol. The van der Waals surface area contributed by atoms with Crippen LogP contribution in [0.1, 0.15) is 18.5 Å². The molecule has 106 valence electrons. The van der Waals surface area contributed by atoms with Crippen molar-refractivity contribution in [1.29, 1.82) is 0 Å². The van der Waals surface area contributed by atoms with Gasteiger partial charge in [-0.25, -0.2) is 4.98 Å². The first-order chi connectivity index (χ1) is 9.83. The SMILES string of the molecule is O=C(NCCc1cn2ccccc2n1)C1CCNCC1. The van der Waals surface area contributed by atoms with Crippen LogP contribution in [-0.2, 0) is 11.2 Å². The number of amides is 1. The Morgan fingerprint density at radius 1 is 1.40 bits per heavy atom. The van der Waals surface area contributed by atoms with E-state index in [0.717, 1.165) is 43.7 Å². The van der Waals surface area contributed by atoms with Crippen molar-refractivity contribution in [1.82, 2.24) is 20.0 Å². The molecule has 2 N–H and O–H groups in total. The smallest absolute Gasteiger partial charge is 0.223 e. The quantitative estimate of drug-likeness (QED) is 0.873. The number of nitrogens with one attached hydrogen (secondary N) is 2. The van der Waals surface area contributed by atoms with E-state index >= 15 is 0 Å². The van der Waals surface area contributed by atoms with Gasteiger partial charge in [0.15, 0.2) is 0 Å². The summed E-state index contributed by atoms with van der Waals surface area (Å²) < 4.78 is 2.00. The van der Waals surface area contributed by atoms with Gasteiger partial charge >= 0.3 is 0 Å². The number of rotatable bonds is 4. The highest BCUT2D eigenvalue weighted by atomic mass is 16.1. The number of carbonyl (C=O) groups is 1. The molecule has 1 saturated heterocycles. The zero-order valence-corrected chi connectivity index (χ0v) is 11.5. The van der Waals surface area contributed by atoms with E-state index in [1.807, 2.05) is 35.0 Å². The maximum absolute atomic E-state index is 12.0. The van der Waals surface area contributed by atoms with Gasteiger partial charge in [0, 0.05) is 31.3 Å². The molecular weight excluding hydrogens is 252 g/mol. The van der Waals surface area contributed by atoms with Crippen molar-refractivity contribution in [2.24, 2.45) is 5.92 Å². The largest absolute Gasteiger partial charge is 0.355 e. The number of hydrogen-bond acceptors (Lipinski definition) is 3. The lowest BCUT2D eigenvalue weighted by molar-refractivity contribution is -0.125. The minimum absolute atomic E-state index is 0.178. The van der Waals surface area contributed by atoms with Crippen molar-refractivity contribution in [3.8, 4) is 0 Å². The van der Waals surface area contributed by atoms with E-state index in [4.69, 9.17) is 0 Å². The Morgan fingerprint density at radius 2 is 2.25 bits per heavy atom. The van der Waals surface area contributed by atoms with E-state index in [0.29, 0.717) is 6.54 Å². The van der Waals surface area contributed by atoms with Crippen LogP contribution in [0.3, 0.4) is 0 Å². The summed E-state index contributed by atoms with van der Waals surface area (Å²) in [5.41, 5.74) is 1.97. The molecule has 20 heavy (non-hydrogen) atoms. The standard InChI is InChI=1S/C15H20N4O/c20-15(12-4-7-16-8-5-12)17-9-6-13-11-19-10-2-1-3-14(19)18-13/h1-3,10-12,16H,4-9H2,(H,17,20). The van der Waals surface area contributed by atoms with Crippen molar-refractivity contribution >= 4 is 11.6 Å². The number of piperidine rings is 1. The van der Waals surface area contributed by atoms with Gasteiger partial charge in [-0.1, -0.05) is 6.07 Å². The molecule has 3 heterocycles. The van der Waals surface area contributed by atoms with Crippen LogP contribution in [0.2, 0.25) is 0 Å². The molecule has 5 nitrogen and oxygen atoms in total. The lowest BCUT2D eigenvalue weighted by Crippen LogP contribution is -2.38. The summed E-state index contributed by atoms with van der Waals surface area (Å²) in [5.74, 6) is 0.368. The lowest BCUT2D eigenvalue weighted by atomic mass is 9.97. The van der Waals surface area contributed by atoms with Crippen LogP contribution in [0.15, 0.2) is 30.6 Å². The summed E-state index contributed by atoms with van der Waals surface area (Å²) in [6.45, 7) is 2.56. The Balaban J connectivity index is 1.50. The van der Waals surface area contributed by atoms with Crippen LogP contribution in [-0.4, -0.2) is 34.9 Å². The molecule has 1 fully saturated rings. The number of nitrogens with zero attached hydrogens (tertiary/aromatic N) is 2. The molecule has 0 radical (unpaired) electrons. The predicted octanol–water partition coefficient (Wildman–Crippen LogP) is 0.993. The molecule has 5 heteroatoms.